The zero-order chi connectivity index (χ0) is 11.5. The number of aliphatic hydroxyl groups excluding tert-OH is 1. The highest BCUT2D eigenvalue weighted by Gasteiger charge is 2.20. The van der Waals surface area contributed by atoms with Crippen molar-refractivity contribution in [3.8, 4) is 0 Å². The molecule has 0 spiro atoms. The van der Waals surface area contributed by atoms with Crippen LogP contribution in [0.5, 0.6) is 0 Å². The van der Waals surface area contributed by atoms with E-state index in [4.69, 9.17) is 11.6 Å². The van der Waals surface area contributed by atoms with Crippen LogP contribution in [-0.2, 0) is 0 Å². The Morgan fingerprint density at radius 2 is 2.38 bits per heavy atom. The number of nitrogens with zero attached hydrogens (tertiary/aromatic N) is 3. The molecule has 2 heterocycles. The lowest BCUT2D eigenvalue weighted by Gasteiger charge is -2.32. The molecular formula is C11H16ClN3O. The van der Waals surface area contributed by atoms with E-state index < -0.39 is 0 Å². The van der Waals surface area contributed by atoms with Crippen molar-refractivity contribution in [1.82, 2.24) is 9.97 Å². The number of aliphatic hydroxyl groups is 1. The van der Waals surface area contributed by atoms with Crippen LogP contribution < -0.4 is 4.90 Å². The summed E-state index contributed by atoms with van der Waals surface area (Å²) in [6.07, 6.45) is 2.18. The number of aromatic nitrogens is 2. The molecular weight excluding hydrogens is 226 g/mol. The van der Waals surface area contributed by atoms with Crippen LogP contribution in [0.3, 0.4) is 0 Å². The maximum atomic E-state index is 9.18. The van der Waals surface area contributed by atoms with E-state index in [1.165, 1.54) is 0 Å². The Bertz CT molecular complexity index is 352. The van der Waals surface area contributed by atoms with Crippen LogP contribution in [0.25, 0.3) is 0 Å². The fraction of sp³-hybridized carbons (Fsp3) is 0.636. The maximum Gasteiger partial charge on any atom is 0.134 e. The molecule has 1 aliphatic heterocycles. The minimum absolute atomic E-state index is 0.244. The van der Waals surface area contributed by atoms with Crippen LogP contribution in [0.1, 0.15) is 18.7 Å². The van der Waals surface area contributed by atoms with E-state index in [0.717, 1.165) is 31.7 Å². The van der Waals surface area contributed by atoms with Crippen molar-refractivity contribution in [3.05, 3.63) is 17.0 Å². The highest BCUT2D eigenvalue weighted by atomic mass is 35.5. The molecule has 0 bridgehead atoms. The zero-order valence-corrected chi connectivity index (χ0v) is 10.1. The Morgan fingerprint density at radius 1 is 1.56 bits per heavy atom. The average molecular weight is 242 g/mol. The minimum Gasteiger partial charge on any atom is -0.396 e. The van der Waals surface area contributed by atoms with E-state index >= 15 is 0 Å². The lowest BCUT2D eigenvalue weighted by Crippen LogP contribution is -2.37. The fourth-order valence-corrected chi connectivity index (χ4v) is 2.32. The van der Waals surface area contributed by atoms with E-state index in [2.05, 4.69) is 14.9 Å². The summed E-state index contributed by atoms with van der Waals surface area (Å²) in [7, 11) is 0. The van der Waals surface area contributed by atoms with Crippen molar-refractivity contribution in [3.63, 3.8) is 0 Å². The standard InChI is InChI=1S/C11H16ClN3O/c1-8-13-10(12)5-11(14-8)15-4-2-3-9(6-15)7-16/h5,9,16H,2-4,6-7H2,1H3. The van der Waals surface area contributed by atoms with Crippen molar-refractivity contribution in [1.29, 1.82) is 0 Å². The summed E-state index contributed by atoms with van der Waals surface area (Å²) in [6, 6.07) is 1.79. The predicted octanol–water partition coefficient (Wildman–Crippen LogP) is 1.65. The molecule has 1 aromatic heterocycles. The molecule has 5 heteroatoms. The molecule has 1 aliphatic rings. The average Bonchev–Trinajstić information content (AvgIpc) is 2.28. The maximum absolute atomic E-state index is 9.18. The first-order valence-electron chi connectivity index (χ1n) is 5.56. The monoisotopic (exact) mass is 241 g/mol. The molecule has 1 fully saturated rings. The van der Waals surface area contributed by atoms with Crippen LogP contribution in [0, 0.1) is 12.8 Å². The molecule has 0 aliphatic carbocycles. The normalized spacial score (nSPS) is 21.2. The molecule has 4 nitrogen and oxygen atoms in total. The molecule has 1 saturated heterocycles. The van der Waals surface area contributed by atoms with Gasteiger partial charge in [0.15, 0.2) is 0 Å². The minimum atomic E-state index is 0.244. The number of hydrogen-bond donors (Lipinski definition) is 1. The Balaban J connectivity index is 2.16. The summed E-state index contributed by atoms with van der Waals surface area (Å²) in [5, 5.41) is 9.66. The van der Waals surface area contributed by atoms with Gasteiger partial charge in [-0.1, -0.05) is 11.6 Å². The molecule has 1 N–H and O–H groups in total. The number of aryl methyl sites for hydroxylation is 1. The second-order valence-electron chi connectivity index (χ2n) is 4.23. The molecule has 0 saturated carbocycles. The summed E-state index contributed by atoms with van der Waals surface area (Å²) in [5.74, 6) is 1.91. The van der Waals surface area contributed by atoms with Gasteiger partial charge < -0.3 is 10.0 Å². The van der Waals surface area contributed by atoms with Gasteiger partial charge in [0.1, 0.15) is 16.8 Å². The first-order chi connectivity index (χ1) is 7.69. The molecule has 1 unspecified atom stereocenters. The van der Waals surface area contributed by atoms with Gasteiger partial charge in [0.2, 0.25) is 0 Å². The number of piperidine rings is 1. The molecule has 0 amide bonds. The zero-order valence-electron chi connectivity index (χ0n) is 9.36. The lowest BCUT2D eigenvalue weighted by molar-refractivity contribution is 0.208. The van der Waals surface area contributed by atoms with Crippen LogP contribution in [0.2, 0.25) is 5.15 Å². The second kappa shape index (κ2) is 4.97. The number of anilines is 1. The third kappa shape index (κ3) is 2.62. The Kier molecular flexibility index (Phi) is 3.61. The first-order valence-corrected chi connectivity index (χ1v) is 5.94. The van der Waals surface area contributed by atoms with Crippen molar-refractivity contribution in [2.24, 2.45) is 5.92 Å². The topological polar surface area (TPSA) is 49.2 Å². The highest BCUT2D eigenvalue weighted by Crippen LogP contribution is 2.22. The van der Waals surface area contributed by atoms with Gasteiger partial charge in [-0.2, -0.15) is 0 Å². The third-order valence-electron chi connectivity index (χ3n) is 2.89. The summed E-state index contributed by atoms with van der Waals surface area (Å²) in [5.41, 5.74) is 0. The van der Waals surface area contributed by atoms with Crippen LogP contribution >= 0.6 is 11.6 Å². The van der Waals surface area contributed by atoms with Gasteiger partial charge in [-0.25, -0.2) is 9.97 Å². The van der Waals surface area contributed by atoms with Crippen LogP contribution in [0.4, 0.5) is 5.82 Å². The third-order valence-corrected chi connectivity index (χ3v) is 3.09. The summed E-state index contributed by atoms with van der Waals surface area (Å²) < 4.78 is 0. The van der Waals surface area contributed by atoms with Crippen molar-refractivity contribution >= 4 is 17.4 Å². The van der Waals surface area contributed by atoms with Crippen molar-refractivity contribution < 1.29 is 5.11 Å². The number of rotatable bonds is 2. The van der Waals surface area contributed by atoms with Gasteiger partial charge in [-0.05, 0) is 25.7 Å². The van der Waals surface area contributed by atoms with Gasteiger partial charge in [0.25, 0.3) is 0 Å². The fourth-order valence-electron chi connectivity index (χ4n) is 2.10. The summed E-state index contributed by atoms with van der Waals surface area (Å²) in [6.45, 7) is 3.91. The summed E-state index contributed by atoms with van der Waals surface area (Å²) >= 11 is 5.91. The van der Waals surface area contributed by atoms with Gasteiger partial charge in [0, 0.05) is 25.8 Å². The van der Waals surface area contributed by atoms with Crippen molar-refractivity contribution in [2.45, 2.75) is 19.8 Å². The van der Waals surface area contributed by atoms with Gasteiger partial charge >= 0.3 is 0 Å². The first kappa shape index (κ1) is 11.6. The van der Waals surface area contributed by atoms with Crippen LogP contribution in [-0.4, -0.2) is 34.8 Å². The quantitative estimate of drug-likeness (QED) is 0.800. The summed E-state index contributed by atoms with van der Waals surface area (Å²) in [4.78, 5) is 10.6. The van der Waals surface area contributed by atoms with E-state index in [1.807, 2.05) is 6.92 Å². The molecule has 0 radical (unpaired) electrons. The van der Waals surface area contributed by atoms with E-state index in [0.29, 0.717) is 16.9 Å². The SMILES string of the molecule is Cc1nc(Cl)cc(N2CCCC(CO)C2)n1. The van der Waals surface area contributed by atoms with E-state index in [-0.39, 0.29) is 6.61 Å². The van der Waals surface area contributed by atoms with Crippen LogP contribution in [0.15, 0.2) is 6.07 Å². The smallest absolute Gasteiger partial charge is 0.134 e. The van der Waals surface area contributed by atoms with E-state index in [9.17, 15) is 5.11 Å². The highest BCUT2D eigenvalue weighted by molar-refractivity contribution is 6.29. The molecule has 2 rings (SSSR count). The molecule has 1 atom stereocenters. The van der Waals surface area contributed by atoms with Gasteiger partial charge in [0.05, 0.1) is 0 Å². The lowest BCUT2D eigenvalue weighted by atomic mass is 9.99. The number of halogens is 1. The predicted molar refractivity (Wildman–Crippen MR) is 63.8 cm³/mol. The molecule has 0 aromatic carbocycles. The molecule has 1 aromatic rings. The second-order valence-corrected chi connectivity index (χ2v) is 4.62. The van der Waals surface area contributed by atoms with Gasteiger partial charge in [-0.3, -0.25) is 0 Å². The van der Waals surface area contributed by atoms with E-state index in [1.54, 1.807) is 6.07 Å². The Labute approximate surface area is 100 Å². The molecule has 88 valence electrons. The van der Waals surface area contributed by atoms with Crippen molar-refractivity contribution in [2.75, 3.05) is 24.6 Å². The number of hydrogen-bond acceptors (Lipinski definition) is 4. The Hall–Kier alpha value is -0.870. The largest absolute Gasteiger partial charge is 0.396 e. The van der Waals surface area contributed by atoms with Gasteiger partial charge in [-0.15, -0.1) is 0 Å². The molecule has 16 heavy (non-hydrogen) atoms. The Morgan fingerprint density at radius 3 is 3.06 bits per heavy atom.